The lowest BCUT2D eigenvalue weighted by molar-refractivity contribution is -0.123. The number of halogens is 1. The smallest absolute Gasteiger partial charge is 0.277 e. The minimum absolute atomic E-state index is 0.105. The molecule has 5 nitrogen and oxygen atoms in total. The van der Waals surface area contributed by atoms with E-state index in [0.717, 1.165) is 26.9 Å². The third kappa shape index (κ3) is 6.76. The van der Waals surface area contributed by atoms with E-state index in [0.29, 0.717) is 12.4 Å². The monoisotopic (exact) mass is 452 g/mol. The number of carbonyl (C=O) groups excluding carboxylic acids is 1. The lowest BCUT2D eigenvalue weighted by atomic mass is 10.2. The summed E-state index contributed by atoms with van der Waals surface area (Å²) in [5, 5.41) is 3.96. The summed E-state index contributed by atoms with van der Waals surface area (Å²) < 4.78 is 12.2. The summed E-state index contributed by atoms with van der Waals surface area (Å²) in [5.41, 5.74) is 5.37. The molecule has 0 saturated carbocycles. The average molecular weight is 453 g/mol. The Labute approximate surface area is 178 Å². The van der Waals surface area contributed by atoms with Crippen LogP contribution in [0.15, 0.2) is 82.4 Å². The van der Waals surface area contributed by atoms with Gasteiger partial charge in [0.15, 0.2) is 6.61 Å². The van der Waals surface area contributed by atoms with E-state index in [1.165, 1.54) is 0 Å². The highest BCUT2D eigenvalue weighted by molar-refractivity contribution is 9.10. The number of nitrogens with one attached hydrogen (secondary N) is 1. The Hall–Kier alpha value is -3.12. The molecule has 0 aliphatic rings. The van der Waals surface area contributed by atoms with E-state index in [-0.39, 0.29) is 12.5 Å². The minimum Gasteiger partial charge on any atom is -0.489 e. The number of rotatable bonds is 8. The molecular formula is C23H21BrN2O3. The topological polar surface area (TPSA) is 59.9 Å². The van der Waals surface area contributed by atoms with Gasteiger partial charge in [-0.2, -0.15) is 5.10 Å². The Balaban J connectivity index is 1.43. The van der Waals surface area contributed by atoms with Crippen LogP contribution >= 0.6 is 15.9 Å². The molecule has 0 heterocycles. The van der Waals surface area contributed by atoms with Crippen molar-refractivity contribution in [2.45, 2.75) is 13.5 Å². The number of nitrogens with zero attached hydrogens (tertiary/aromatic N) is 1. The molecular weight excluding hydrogens is 432 g/mol. The highest BCUT2D eigenvalue weighted by Crippen LogP contribution is 2.22. The van der Waals surface area contributed by atoms with Gasteiger partial charge < -0.3 is 9.47 Å². The first-order valence-corrected chi connectivity index (χ1v) is 9.87. The lowest BCUT2D eigenvalue weighted by Gasteiger charge is -2.08. The van der Waals surface area contributed by atoms with Crippen molar-refractivity contribution in [1.29, 1.82) is 0 Å². The van der Waals surface area contributed by atoms with Crippen LogP contribution < -0.4 is 14.9 Å². The SMILES string of the molecule is Cc1cc(Br)ccc1OCC(=O)N/N=C/c1ccc(OCc2ccccc2)cc1. The van der Waals surface area contributed by atoms with Gasteiger partial charge in [0, 0.05) is 4.47 Å². The molecule has 0 atom stereocenters. The van der Waals surface area contributed by atoms with Crippen LogP contribution in [-0.2, 0) is 11.4 Å². The van der Waals surface area contributed by atoms with Gasteiger partial charge in [-0.3, -0.25) is 4.79 Å². The van der Waals surface area contributed by atoms with Gasteiger partial charge in [-0.25, -0.2) is 5.43 Å². The number of hydrogen-bond acceptors (Lipinski definition) is 4. The van der Waals surface area contributed by atoms with Crippen LogP contribution in [0.25, 0.3) is 0 Å². The molecule has 6 heteroatoms. The molecule has 0 aromatic heterocycles. The maximum absolute atomic E-state index is 11.9. The third-order valence-electron chi connectivity index (χ3n) is 4.03. The predicted molar refractivity (Wildman–Crippen MR) is 117 cm³/mol. The summed E-state index contributed by atoms with van der Waals surface area (Å²) in [4.78, 5) is 11.9. The number of carbonyl (C=O) groups is 1. The number of amides is 1. The Morgan fingerprint density at radius 3 is 2.52 bits per heavy atom. The first-order valence-electron chi connectivity index (χ1n) is 9.08. The van der Waals surface area contributed by atoms with E-state index in [9.17, 15) is 4.79 Å². The van der Waals surface area contributed by atoms with E-state index in [2.05, 4.69) is 26.5 Å². The Bertz CT molecular complexity index is 973. The number of hydrogen-bond donors (Lipinski definition) is 1. The van der Waals surface area contributed by atoms with Crippen molar-refractivity contribution in [2.24, 2.45) is 5.10 Å². The van der Waals surface area contributed by atoms with E-state index >= 15 is 0 Å². The van der Waals surface area contributed by atoms with Crippen LogP contribution in [-0.4, -0.2) is 18.7 Å². The second kappa shape index (κ2) is 10.4. The summed E-state index contributed by atoms with van der Waals surface area (Å²) in [5.74, 6) is 1.11. The van der Waals surface area contributed by atoms with Crippen molar-refractivity contribution >= 4 is 28.1 Å². The van der Waals surface area contributed by atoms with Crippen molar-refractivity contribution in [3.63, 3.8) is 0 Å². The summed E-state index contributed by atoms with van der Waals surface area (Å²) in [7, 11) is 0. The third-order valence-corrected chi connectivity index (χ3v) is 4.52. The van der Waals surface area contributed by atoms with Gasteiger partial charge in [0.25, 0.3) is 5.91 Å². The number of benzene rings is 3. The molecule has 0 aliphatic heterocycles. The van der Waals surface area contributed by atoms with Gasteiger partial charge in [0.1, 0.15) is 18.1 Å². The molecule has 29 heavy (non-hydrogen) atoms. The van der Waals surface area contributed by atoms with Crippen molar-refractivity contribution in [1.82, 2.24) is 5.43 Å². The van der Waals surface area contributed by atoms with E-state index in [1.54, 1.807) is 6.21 Å². The largest absolute Gasteiger partial charge is 0.489 e. The summed E-state index contributed by atoms with van der Waals surface area (Å²) in [6.07, 6.45) is 1.57. The van der Waals surface area contributed by atoms with Crippen LogP contribution in [0, 0.1) is 6.92 Å². The van der Waals surface area contributed by atoms with Crippen LogP contribution in [0.3, 0.4) is 0 Å². The molecule has 3 aromatic carbocycles. The maximum atomic E-state index is 11.9. The molecule has 0 radical (unpaired) electrons. The summed E-state index contributed by atoms with van der Waals surface area (Å²) >= 11 is 3.39. The number of aryl methyl sites for hydroxylation is 1. The zero-order valence-corrected chi connectivity index (χ0v) is 17.6. The van der Waals surface area contributed by atoms with Crippen molar-refractivity contribution in [2.75, 3.05) is 6.61 Å². The van der Waals surface area contributed by atoms with Crippen molar-refractivity contribution in [3.8, 4) is 11.5 Å². The Morgan fingerprint density at radius 2 is 1.79 bits per heavy atom. The fourth-order valence-corrected chi connectivity index (χ4v) is 3.00. The highest BCUT2D eigenvalue weighted by Gasteiger charge is 2.04. The molecule has 1 N–H and O–H groups in total. The van der Waals surface area contributed by atoms with Gasteiger partial charge in [-0.05, 0) is 66.1 Å². The van der Waals surface area contributed by atoms with Gasteiger partial charge in [-0.1, -0.05) is 46.3 Å². The van der Waals surface area contributed by atoms with Gasteiger partial charge in [-0.15, -0.1) is 0 Å². The minimum atomic E-state index is -0.327. The van der Waals surface area contributed by atoms with Crippen LogP contribution in [0.4, 0.5) is 0 Å². The second-order valence-electron chi connectivity index (χ2n) is 6.33. The van der Waals surface area contributed by atoms with E-state index < -0.39 is 0 Å². The fourth-order valence-electron chi connectivity index (χ4n) is 2.52. The van der Waals surface area contributed by atoms with Crippen molar-refractivity contribution < 1.29 is 14.3 Å². The molecule has 0 unspecified atom stereocenters. The molecule has 3 aromatic rings. The standard InChI is InChI=1S/C23H21BrN2O3/c1-17-13-20(24)9-12-22(17)29-16-23(27)26-25-14-18-7-10-21(11-8-18)28-15-19-5-3-2-4-6-19/h2-14H,15-16H2,1H3,(H,26,27)/b25-14+. The Kier molecular flexibility index (Phi) is 7.41. The molecule has 0 bridgehead atoms. The molecule has 0 spiro atoms. The van der Waals surface area contributed by atoms with Gasteiger partial charge in [0.2, 0.25) is 0 Å². The van der Waals surface area contributed by atoms with Gasteiger partial charge >= 0.3 is 0 Å². The lowest BCUT2D eigenvalue weighted by Crippen LogP contribution is -2.24. The zero-order chi connectivity index (χ0) is 20.5. The predicted octanol–water partition coefficient (Wildman–Crippen LogP) is 4.87. The Morgan fingerprint density at radius 1 is 1.03 bits per heavy atom. The van der Waals surface area contributed by atoms with Crippen LogP contribution in [0.5, 0.6) is 11.5 Å². The van der Waals surface area contributed by atoms with Crippen molar-refractivity contribution in [3.05, 3.63) is 94.0 Å². The first-order chi connectivity index (χ1) is 14.1. The summed E-state index contributed by atoms with van der Waals surface area (Å²) in [6, 6.07) is 23.1. The molecule has 0 aliphatic carbocycles. The van der Waals surface area contributed by atoms with Crippen LogP contribution in [0.2, 0.25) is 0 Å². The molecule has 3 rings (SSSR count). The highest BCUT2D eigenvalue weighted by atomic mass is 79.9. The van der Waals surface area contributed by atoms with E-state index in [1.807, 2.05) is 79.7 Å². The van der Waals surface area contributed by atoms with Crippen LogP contribution in [0.1, 0.15) is 16.7 Å². The molecule has 1 amide bonds. The average Bonchev–Trinajstić information content (AvgIpc) is 2.73. The fraction of sp³-hybridized carbons (Fsp3) is 0.130. The normalized spacial score (nSPS) is 10.7. The number of hydrazone groups is 1. The molecule has 0 fully saturated rings. The zero-order valence-electron chi connectivity index (χ0n) is 16.0. The first kappa shape index (κ1) is 20.6. The second-order valence-corrected chi connectivity index (χ2v) is 7.25. The quantitative estimate of drug-likeness (QED) is 0.391. The molecule has 148 valence electrons. The number of ether oxygens (including phenoxy) is 2. The van der Waals surface area contributed by atoms with Gasteiger partial charge in [0.05, 0.1) is 6.21 Å². The van der Waals surface area contributed by atoms with E-state index in [4.69, 9.17) is 9.47 Å². The summed E-state index contributed by atoms with van der Waals surface area (Å²) in [6.45, 7) is 2.33. The maximum Gasteiger partial charge on any atom is 0.277 e. The molecule has 0 saturated heterocycles.